The van der Waals surface area contributed by atoms with E-state index in [9.17, 15) is 23.6 Å². The number of hydrazine groups is 1. The summed E-state index contributed by atoms with van der Waals surface area (Å²) in [5.41, 5.74) is 4.63. The third kappa shape index (κ3) is 6.47. The Morgan fingerprint density at radius 3 is 2.62 bits per heavy atom. The summed E-state index contributed by atoms with van der Waals surface area (Å²) < 4.78 is 42.1. The van der Waals surface area contributed by atoms with Crippen LogP contribution in [-0.2, 0) is 9.59 Å². The van der Waals surface area contributed by atoms with Crippen molar-refractivity contribution >= 4 is 24.0 Å². The summed E-state index contributed by atoms with van der Waals surface area (Å²) in [4.78, 5) is 34.6. The molecule has 1 unspecified atom stereocenters. The van der Waals surface area contributed by atoms with Crippen molar-refractivity contribution in [2.75, 3.05) is 43.6 Å². The predicted molar refractivity (Wildman–Crippen MR) is 118 cm³/mol. The standard InChI is InChI=1S/C21H32F3N7O3/c1-13-10-30(8-7-29(13)2)20-16(22)18(25-19(26-20)17(23)24)27-28-21(33)15(11-31(34)12-32)9-14-5-3-4-6-14/h12-15,17,34H,3-11H2,1-2H3,(H,28,33)(H,25,26,27)/t13-,15?/m1/s1. The minimum atomic E-state index is -3.04. The van der Waals surface area contributed by atoms with E-state index in [-0.39, 0.29) is 30.7 Å². The van der Waals surface area contributed by atoms with Crippen molar-refractivity contribution in [2.45, 2.75) is 51.5 Å². The number of hydroxylamine groups is 2. The molecule has 10 nitrogen and oxygen atoms in total. The Morgan fingerprint density at radius 1 is 1.29 bits per heavy atom. The third-order valence-corrected chi connectivity index (χ3v) is 6.60. The van der Waals surface area contributed by atoms with Gasteiger partial charge >= 0.3 is 0 Å². The van der Waals surface area contributed by atoms with E-state index in [1.807, 2.05) is 14.0 Å². The average Bonchev–Trinajstić information content (AvgIpc) is 3.32. The summed E-state index contributed by atoms with van der Waals surface area (Å²) in [6, 6.07) is 0.0600. The van der Waals surface area contributed by atoms with Crippen molar-refractivity contribution in [1.29, 1.82) is 0 Å². The molecule has 1 aromatic rings. The van der Waals surface area contributed by atoms with Crippen LogP contribution >= 0.6 is 0 Å². The van der Waals surface area contributed by atoms with Gasteiger partial charge in [-0.2, -0.15) is 4.39 Å². The van der Waals surface area contributed by atoms with E-state index in [4.69, 9.17) is 0 Å². The number of rotatable bonds is 10. The SMILES string of the molecule is C[C@@H]1CN(c2nc(C(F)F)nc(NNC(=O)C(CC3CCCC3)CN(O)C=O)c2F)CCN1C. The molecule has 2 heterocycles. The van der Waals surface area contributed by atoms with E-state index >= 15 is 4.39 Å². The second-order valence-corrected chi connectivity index (χ2v) is 9.07. The van der Waals surface area contributed by atoms with Gasteiger partial charge in [0.1, 0.15) is 0 Å². The van der Waals surface area contributed by atoms with Crippen LogP contribution in [0.4, 0.5) is 24.8 Å². The number of anilines is 2. The maximum atomic E-state index is 15.2. The predicted octanol–water partition coefficient (Wildman–Crippen LogP) is 2.18. The molecule has 1 aliphatic heterocycles. The van der Waals surface area contributed by atoms with Crippen molar-refractivity contribution in [3.63, 3.8) is 0 Å². The van der Waals surface area contributed by atoms with Crippen LogP contribution in [-0.4, -0.2) is 76.7 Å². The first kappa shape index (κ1) is 25.9. The highest BCUT2D eigenvalue weighted by atomic mass is 19.3. The lowest BCUT2D eigenvalue weighted by Gasteiger charge is -2.38. The smallest absolute Gasteiger partial charge is 0.297 e. The zero-order chi connectivity index (χ0) is 24.8. The molecular formula is C21H32F3N7O3. The van der Waals surface area contributed by atoms with E-state index in [1.165, 1.54) is 0 Å². The van der Waals surface area contributed by atoms with Crippen LogP contribution in [0.2, 0.25) is 0 Å². The van der Waals surface area contributed by atoms with Crippen LogP contribution < -0.4 is 15.8 Å². The number of aromatic nitrogens is 2. The molecule has 1 saturated carbocycles. The molecular weight excluding hydrogens is 455 g/mol. The molecule has 3 N–H and O–H groups in total. The van der Waals surface area contributed by atoms with Crippen LogP contribution in [0.5, 0.6) is 0 Å². The van der Waals surface area contributed by atoms with Crippen LogP contribution in [0.15, 0.2) is 0 Å². The first-order valence-electron chi connectivity index (χ1n) is 11.5. The number of carbonyl (C=O) groups is 2. The normalized spacial score (nSPS) is 20.4. The highest BCUT2D eigenvalue weighted by Gasteiger charge is 2.30. The zero-order valence-corrected chi connectivity index (χ0v) is 19.4. The summed E-state index contributed by atoms with van der Waals surface area (Å²) in [6.07, 6.45) is 1.56. The maximum absolute atomic E-state index is 15.2. The number of carbonyl (C=O) groups excluding carboxylic acids is 2. The number of hydrogen-bond acceptors (Lipinski definition) is 8. The molecule has 34 heavy (non-hydrogen) atoms. The highest BCUT2D eigenvalue weighted by molar-refractivity contribution is 5.80. The molecule has 190 valence electrons. The lowest BCUT2D eigenvalue weighted by molar-refractivity contribution is -0.154. The van der Waals surface area contributed by atoms with Gasteiger partial charge in [0.15, 0.2) is 17.5 Å². The van der Waals surface area contributed by atoms with E-state index < -0.39 is 35.7 Å². The van der Waals surface area contributed by atoms with Gasteiger partial charge in [-0.25, -0.2) is 23.8 Å². The van der Waals surface area contributed by atoms with Crippen LogP contribution in [0.25, 0.3) is 0 Å². The van der Waals surface area contributed by atoms with E-state index in [0.29, 0.717) is 31.1 Å². The molecule has 2 fully saturated rings. The number of nitrogens with one attached hydrogen (secondary N) is 2. The Balaban J connectivity index is 1.76. The van der Waals surface area contributed by atoms with Crippen molar-refractivity contribution in [3.05, 3.63) is 11.6 Å². The number of alkyl halides is 2. The summed E-state index contributed by atoms with van der Waals surface area (Å²) in [5, 5.41) is 9.97. The Bertz CT molecular complexity index is 857. The summed E-state index contributed by atoms with van der Waals surface area (Å²) in [7, 11) is 1.92. The second kappa shape index (κ2) is 11.6. The van der Waals surface area contributed by atoms with Gasteiger partial charge < -0.3 is 9.80 Å². The van der Waals surface area contributed by atoms with Gasteiger partial charge in [-0.3, -0.25) is 25.6 Å². The third-order valence-electron chi connectivity index (χ3n) is 6.60. The molecule has 0 spiro atoms. The molecule has 0 bridgehead atoms. The maximum Gasteiger partial charge on any atom is 0.297 e. The summed E-state index contributed by atoms with van der Waals surface area (Å²) >= 11 is 0. The van der Waals surface area contributed by atoms with Gasteiger partial charge in [0.05, 0.1) is 12.5 Å². The van der Waals surface area contributed by atoms with Gasteiger partial charge in [-0.15, -0.1) is 0 Å². The minimum absolute atomic E-state index is 0.0600. The van der Waals surface area contributed by atoms with Gasteiger partial charge in [0, 0.05) is 25.7 Å². The highest BCUT2D eigenvalue weighted by Crippen LogP contribution is 2.31. The number of amides is 2. The Kier molecular flexibility index (Phi) is 8.89. The molecule has 1 aliphatic carbocycles. The van der Waals surface area contributed by atoms with E-state index in [1.54, 1.807) is 4.90 Å². The molecule has 0 aromatic carbocycles. The first-order valence-corrected chi connectivity index (χ1v) is 11.5. The fourth-order valence-electron chi connectivity index (χ4n) is 4.49. The second-order valence-electron chi connectivity index (χ2n) is 9.07. The lowest BCUT2D eigenvalue weighted by Crippen LogP contribution is -2.50. The van der Waals surface area contributed by atoms with Crippen LogP contribution in [0.3, 0.4) is 0 Å². The molecule has 2 aliphatic rings. The average molecular weight is 488 g/mol. The largest absolute Gasteiger partial charge is 0.351 e. The van der Waals surface area contributed by atoms with Gasteiger partial charge in [-0.1, -0.05) is 25.7 Å². The van der Waals surface area contributed by atoms with Gasteiger partial charge in [-0.05, 0) is 26.3 Å². The van der Waals surface area contributed by atoms with E-state index in [2.05, 4.69) is 25.7 Å². The van der Waals surface area contributed by atoms with Crippen LogP contribution in [0, 0.1) is 17.7 Å². The first-order chi connectivity index (χ1) is 16.2. The monoisotopic (exact) mass is 487 g/mol. The van der Waals surface area contributed by atoms with Crippen LogP contribution in [0.1, 0.15) is 51.3 Å². The fourth-order valence-corrected chi connectivity index (χ4v) is 4.49. The Hall–Kier alpha value is -2.67. The topological polar surface area (TPSA) is 114 Å². The number of nitrogens with zero attached hydrogens (tertiary/aromatic N) is 5. The minimum Gasteiger partial charge on any atom is -0.351 e. The van der Waals surface area contributed by atoms with Crippen molar-refractivity contribution < 1.29 is 28.0 Å². The Morgan fingerprint density at radius 2 is 2.00 bits per heavy atom. The van der Waals surface area contributed by atoms with Gasteiger partial charge in [0.2, 0.25) is 18.1 Å². The molecule has 2 atom stereocenters. The van der Waals surface area contributed by atoms with Gasteiger partial charge in [0.25, 0.3) is 6.43 Å². The van der Waals surface area contributed by atoms with Crippen molar-refractivity contribution in [1.82, 2.24) is 25.4 Å². The molecule has 1 saturated heterocycles. The zero-order valence-electron chi connectivity index (χ0n) is 19.4. The number of likely N-dealkylation sites (N-methyl/N-ethyl adjacent to an activating group) is 1. The summed E-state index contributed by atoms with van der Waals surface area (Å²) in [6.45, 7) is 3.08. The molecule has 0 radical (unpaired) electrons. The summed E-state index contributed by atoms with van der Waals surface area (Å²) in [5.74, 6) is -3.76. The van der Waals surface area contributed by atoms with E-state index in [0.717, 1.165) is 25.7 Å². The molecule has 2 amide bonds. The van der Waals surface area contributed by atoms with Crippen molar-refractivity contribution in [2.24, 2.45) is 11.8 Å². The number of halogens is 3. The quantitative estimate of drug-likeness (QED) is 0.262. The fraction of sp³-hybridized carbons (Fsp3) is 0.714. The molecule has 3 rings (SSSR count). The number of piperazine rings is 1. The number of hydrogen-bond donors (Lipinski definition) is 3. The molecule has 13 heteroatoms. The Labute approximate surface area is 196 Å². The lowest BCUT2D eigenvalue weighted by atomic mass is 9.92. The molecule has 1 aromatic heterocycles. The van der Waals surface area contributed by atoms with Crippen molar-refractivity contribution in [3.8, 4) is 0 Å².